The number of amides is 3. The molecule has 2 aliphatic heterocycles. The molecule has 3 aromatic rings. The largest absolute Gasteiger partial charge is 0.478 e. The number of hydrogen-bond donors (Lipinski definition) is 6. The normalized spacial score (nSPS) is 18.5. The highest BCUT2D eigenvalue weighted by Crippen LogP contribution is 2.43. The molecule has 83 heavy (non-hydrogen) atoms. The highest BCUT2D eigenvalue weighted by atomic mass is 28.3. The molecule has 7 rings (SSSR count). The van der Waals surface area contributed by atoms with Gasteiger partial charge < -0.3 is 30.9 Å². The van der Waals surface area contributed by atoms with E-state index >= 15 is 0 Å². The topological polar surface area (TPSA) is 191 Å². The molecule has 3 aromatic carbocycles. The van der Waals surface area contributed by atoms with Crippen LogP contribution in [0.4, 0.5) is 4.79 Å². The van der Waals surface area contributed by atoms with Gasteiger partial charge in [-0.2, -0.15) is 5.10 Å². The molecule has 446 valence electrons. The van der Waals surface area contributed by atoms with Crippen molar-refractivity contribution in [1.29, 1.82) is 0 Å². The Labute approximate surface area is 495 Å². The standard InChI is InChI=1S/C69H94N6O7Si/c1-7-10-11-12-13-14-15-16-17-18-19-20-22-28-61(76)60(8-2)74-64(77)29-23-21-24-42-71-69(81)82-54-26-25-27-55-52(35-38-54)47-73-75-66(55)50-33-31-49(32-34-50)46-72-67(78)51-36-40-56(68(79)80)59(44-51)65-57-39-30-48(4)43-62(57)83(5,6)63-45-53(70-9-3)37-41-58(63)65/h22,28,30-34,36-37,39-41,43-45,47,52,54,60-61,75-76H,7-21,23-27,29,35,38,42,46H2,1-6H3,(H,71,81)(H,72,78)(H,74,77)(H,79,80)/b28-22+,70-53?/t52?,54?,60-,61+/m0/s1. The van der Waals surface area contributed by atoms with E-state index in [0.717, 1.165) is 96.2 Å². The molecule has 0 aromatic heterocycles. The van der Waals surface area contributed by atoms with Crippen molar-refractivity contribution in [2.24, 2.45) is 16.0 Å². The molecule has 2 aliphatic carbocycles. The van der Waals surface area contributed by atoms with Crippen LogP contribution in [0.15, 0.2) is 117 Å². The minimum atomic E-state index is -2.23. The first-order valence-corrected chi connectivity index (χ1v) is 34.4. The number of aliphatic hydroxyl groups is 1. The summed E-state index contributed by atoms with van der Waals surface area (Å²) in [6.07, 6.45) is 33.4. The van der Waals surface area contributed by atoms with Crippen molar-refractivity contribution >= 4 is 60.3 Å². The highest BCUT2D eigenvalue weighted by molar-refractivity contribution is 6.98. The van der Waals surface area contributed by atoms with E-state index in [1.165, 1.54) is 80.2 Å². The number of aliphatic imine (C=N–C) groups is 1. The predicted molar refractivity (Wildman–Crippen MR) is 341 cm³/mol. The Morgan fingerprint density at radius 3 is 2.29 bits per heavy atom. The van der Waals surface area contributed by atoms with Crippen LogP contribution in [0, 0.1) is 12.8 Å². The van der Waals surface area contributed by atoms with E-state index in [1.54, 1.807) is 18.2 Å². The van der Waals surface area contributed by atoms with Gasteiger partial charge in [-0.25, -0.2) is 9.59 Å². The Hall–Kier alpha value is -6.64. The van der Waals surface area contributed by atoms with Crippen molar-refractivity contribution in [2.45, 2.75) is 207 Å². The monoisotopic (exact) mass is 1150 g/mol. The van der Waals surface area contributed by atoms with Crippen molar-refractivity contribution in [3.05, 3.63) is 146 Å². The van der Waals surface area contributed by atoms with Gasteiger partial charge in [-0.05, 0) is 158 Å². The lowest BCUT2D eigenvalue weighted by Crippen LogP contribution is -2.49. The summed E-state index contributed by atoms with van der Waals surface area (Å²) >= 11 is 0. The van der Waals surface area contributed by atoms with Crippen LogP contribution in [0.5, 0.6) is 0 Å². The van der Waals surface area contributed by atoms with Crippen molar-refractivity contribution in [1.82, 2.24) is 21.4 Å². The number of benzene rings is 3. The van der Waals surface area contributed by atoms with Gasteiger partial charge in [0.15, 0.2) is 0 Å². The maximum atomic E-state index is 14.0. The summed E-state index contributed by atoms with van der Waals surface area (Å²) in [6, 6.07) is 19.1. The molecule has 0 bridgehead atoms. The van der Waals surface area contributed by atoms with Gasteiger partial charge in [-0.3, -0.25) is 20.0 Å². The number of allylic oxidation sites excluding steroid dienone is 7. The van der Waals surface area contributed by atoms with Crippen LogP contribution in [0.3, 0.4) is 0 Å². The first-order chi connectivity index (χ1) is 40.2. The van der Waals surface area contributed by atoms with E-state index in [9.17, 15) is 29.4 Å². The molecule has 0 saturated heterocycles. The molecule has 1 fully saturated rings. The van der Waals surface area contributed by atoms with E-state index in [4.69, 9.17) is 9.73 Å². The van der Waals surface area contributed by atoms with Gasteiger partial charge in [0.1, 0.15) is 14.2 Å². The fraction of sp³-hybridized carbons (Fsp3) is 0.507. The SMILES string of the molecule is CCCCCCCCCCCCC/C=C/[C@@H](O)[C@H](CC)NC(=O)CCCCCNC(=O)OC1CCCC2=C(c3ccc(CNC(=O)c4ccc(C(=O)O)c(C5=C6C=CC(=NCC)C=C6[Si](C)(C)c6cc(C)ccc65)c4)cc3)NN=CC2CC1. The van der Waals surface area contributed by atoms with E-state index in [1.807, 2.05) is 56.5 Å². The fourth-order valence-electron chi connectivity index (χ4n) is 12.1. The zero-order valence-corrected chi connectivity index (χ0v) is 51.6. The number of hydrazone groups is 1. The lowest BCUT2D eigenvalue weighted by Gasteiger charge is -2.38. The van der Waals surface area contributed by atoms with Gasteiger partial charge in [-0.1, -0.05) is 164 Å². The molecule has 2 unspecified atom stereocenters. The fourth-order valence-corrected chi connectivity index (χ4v) is 15.3. The number of alkyl carbamates (subject to hydrolysis) is 1. The zero-order chi connectivity index (χ0) is 59.1. The number of ether oxygens (including phenoxy) is 1. The number of hydrogen-bond acceptors (Lipinski definition) is 9. The van der Waals surface area contributed by atoms with Gasteiger partial charge in [0.25, 0.3) is 5.91 Å². The number of unbranched alkanes of at least 4 members (excludes halogenated alkanes) is 13. The second-order valence-corrected chi connectivity index (χ2v) is 28.0. The maximum absolute atomic E-state index is 14.0. The minimum absolute atomic E-state index is 0.0573. The van der Waals surface area contributed by atoms with Gasteiger partial charge in [-0.15, -0.1) is 0 Å². The molecule has 3 amide bonds. The maximum Gasteiger partial charge on any atom is 0.407 e. The third-order valence-corrected chi connectivity index (χ3v) is 20.5. The Kier molecular flexibility index (Phi) is 25.0. The zero-order valence-electron chi connectivity index (χ0n) is 50.6. The molecule has 0 spiro atoms. The van der Waals surface area contributed by atoms with Crippen LogP contribution in [0.25, 0.3) is 11.3 Å². The average molecular weight is 1150 g/mol. The molecule has 4 aliphatic rings. The number of aryl methyl sites for hydroxylation is 1. The van der Waals surface area contributed by atoms with E-state index in [0.29, 0.717) is 49.9 Å². The van der Waals surface area contributed by atoms with Crippen LogP contribution in [-0.4, -0.2) is 85.4 Å². The van der Waals surface area contributed by atoms with E-state index in [-0.39, 0.29) is 42.0 Å². The second-order valence-electron chi connectivity index (χ2n) is 23.7. The summed E-state index contributed by atoms with van der Waals surface area (Å²) < 4.78 is 5.92. The number of carboxylic acid groups (broad SMARTS) is 1. The first kappa shape index (κ1) is 63.9. The number of rotatable bonds is 30. The smallest absolute Gasteiger partial charge is 0.407 e. The van der Waals surface area contributed by atoms with Gasteiger partial charge in [0.2, 0.25) is 5.91 Å². The lowest BCUT2D eigenvalue weighted by molar-refractivity contribution is -0.122. The summed E-state index contributed by atoms with van der Waals surface area (Å²) in [5, 5.41) is 37.3. The number of carbonyl (C=O) groups is 4. The number of nitrogens with one attached hydrogen (secondary N) is 4. The third-order valence-electron chi connectivity index (χ3n) is 17.0. The van der Waals surface area contributed by atoms with Gasteiger partial charge in [0.05, 0.1) is 29.1 Å². The summed E-state index contributed by atoms with van der Waals surface area (Å²) in [4.78, 5) is 57.2. The summed E-state index contributed by atoms with van der Waals surface area (Å²) in [5.41, 5.74) is 13.3. The summed E-state index contributed by atoms with van der Waals surface area (Å²) in [7, 11) is -2.23. The first-order valence-electron chi connectivity index (χ1n) is 31.4. The molecular weight excluding hydrogens is 1050 g/mol. The Balaban J connectivity index is 0.831. The van der Waals surface area contributed by atoms with E-state index < -0.39 is 26.2 Å². The van der Waals surface area contributed by atoms with Crippen LogP contribution >= 0.6 is 0 Å². The predicted octanol–water partition coefficient (Wildman–Crippen LogP) is 13.9. The van der Waals surface area contributed by atoms with Gasteiger partial charge >= 0.3 is 12.1 Å². The molecular formula is C69H94N6O7Si. The minimum Gasteiger partial charge on any atom is -0.478 e. The molecule has 4 atom stereocenters. The molecule has 14 heteroatoms. The third kappa shape index (κ3) is 18.2. The van der Waals surface area contributed by atoms with Crippen LogP contribution < -0.4 is 26.6 Å². The Bertz CT molecular complexity index is 2930. The second kappa shape index (κ2) is 32.4. The van der Waals surface area contributed by atoms with Crippen molar-refractivity contribution in [2.75, 3.05) is 13.1 Å². The number of carboxylic acids is 1. The van der Waals surface area contributed by atoms with Crippen molar-refractivity contribution in [3.8, 4) is 0 Å². The summed E-state index contributed by atoms with van der Waals surface area (Å²) in [6.45, 7) is 14.4. The van der Waals surface area contributed by atoms with Crippen LogP contribution in [0.2, 0.25) is 13.1 Å². The lowest BCUT2D eigenvalue weighted by atomic mass is 9.83. The number of aliphatic hydroxyl groups excluding tert-OH is 1. The van der Waals surface area contributed by atoms with Gasteiger partial charge in [0, 0.05) is 43.8 Å². The number of carbonyl (C=O) groups excluding carboxylic acids is 3. The van der Waals surface area contributed by atoms with Crippen LogP contribution in [-0.2, 0) is 16.1 Å². The highest BCUT2D eigenvalue weighted by Gasteiger charge is 2.40. The van der Waals surface area contributed by atoms with Crippen molar-refractivity contribution < 1.29 is 34.1 Å². The number of aromatic carboxylic acids is 1. The molecule has 1 saturated carbocycles. The van der Waals surface area contributed by atoms with Crippen molar-refractivity contribution in [3.63, 3.8) is 0 Å². The van der Waals surface area contributed by atoms with Crippen LogP contribution in [0.1, 0.15) is 211 Å². The quantitative estimate of drug-likeness (QED) is 0.0216. The molecule has 2 heterocycles. The molecule has 0 radical (unpaired) electrons. The summed E-state index contributed by atoms with van der Waals surface area (Å²) in [5.74, 6) is -1.31. The average Bonchev–Trinajstić information content (AvgIpc) is 1.48. The van der Waals surface area contributed by atoms with E-state index in [2.05, 4.69) is 89.8 Å². The molecule has 13 nitrogen and oxygen atoms in total. The molecule has 6 N–H and O–H groups in total. The number of fused-ring (bicyclic) bond motifs is 3. The Morgan fingerprint density at radius 1 is 0.831 bits per heavy atom. The number of nitrogens with zero attached hydrogens (tertiary/aromatic N) is 2. The Morgan fingerprint density at radius 2 is 1.57 bits per heavy atom.